The third-order valence-corrected chi connectivity index (χ3v) is 4.17. The first-order valence-electron chi connectivity index (χ1n) is 7.97. The number of aromatic nitrogens is 5. The highest BCUT2D eigenvalue weighted by atomic mass is 35.5. The first-order chi connectivity index (χ1) is 12.7. The van der Waals surface area contributed by atoms with Crippen molar-refractivity contribution < 1.29 is 4.42 Å². The van der Waals surface area contributed by atoms with Crippen LogP contribution in [0.1, 0.15) is 11.5 Å². The fraction of sp³-hybridized carbons (Fsp3) is 0.111. The number of rotatable bonds is 5. The lowest BCUT2D eigenvalue weighted by Gasteiger charge is -2.08. The monoisotopic (exact) mass is 366 g/mol. The van der Waals surface area contributed by atoms with E-state index in [0.717, 1.165) is 22.5 Å². The SMILES string of the molecule is Cc1cc(NCc2ncc(-c3ccc(Cl)cc3)o2)ccc1-n1cnnn1. The molecular weight excluding hydrogens is 352 g/mol. The molecule has 0 saturated carbocycles. The molecule has 7 nitrogen and oxygen atoms in total. The Kier molecular flexibility index (Phi) is 4.37. The number of aryl methyl sites for hydroxylation is 1. The highest BCUT2D eigenvalue weighted by molar-refractivity contribution is 6.30. The van der Waals surface area contributed by atoms with E-state index in [9.17, 15) is 0 Å². The largest absolute Gasteiger partial charge is 0.439 e. The number of oxazole rings is 1. The molecule has 26 heavy (non-hydrogen) atoms. The summed E-state index contributed by atoms with van der Waals surface area (Å²) in [5.74, 6) is 1.32. The predicted octanol–water partition coefficient (Wildman–Crippen LogP) is 3.89. The first-order valence-corrected chi connectivity index (χ1v) is 8.35. The Balaban J connectivity index is 1.44. The number of nitrogens with one attached hydrogen (secondary N) is 1. The van der Waals surface area contributed by atoms with Crippen molar-refractivity contribution in [3.05, 3.63) is 71.5 Å². The molecule has 0 aliphatic rings. The van der Waals surface area contributed by atoms with E-state index in [1.54, 1.807) is 17.2 Å². The van der Waals surface area contributed by atoms with Crippen LogP contribution in [0.4, 0.5) is 5.69 Å². The smallest absolute Gasteiger partial charge is 0.214 e. The van der Waals surface area contributed by atoms with Gasteiger partial charge in [-0.05, 0) is 65.4 Å². The van der Waals surface area contributed by atoms with Crippen LogP contribution in [0, 0.1) is 6.92 Å². The van der Waals surface area contributed by atoms with Crippen LogP contribution in [0.3, 0.4) is 0 Å². The number of hydrogen-bond acceptors (Lipinski definition) is 6. The fourth-order valence-corrected chi connectivity index (χ4v) is 2.74. The first kappa shape index (κ1) is 16.3. The zero-order chi connectivity index (χ0) is 17.9. The van der Waals surface area contributed by atoms with Gasteiger partial charge in [0.25, 0.3) is 0 Å². The van der Waals surface area contributed by atoms with Gasteiger partial charge >= 0.3 is 0 Å². The zero-order valence-electron chi connectivity index (χ0n) is 13.9. The van der Waals surface area contributed by atoms with Crippen LogP contribution in [0.5, 0.6) is 0 Å². The number of benzene rings is 2. The highest BCUT2D eigenvalue weighted by Gasteiger charge is 2.08. The van der Waals surface area contributed by atoms with Crippen LogP contribution in [0.25, 0.3) is 17.0 Å². The standard InChI is InChI=1S/C18H15ClN6O/c1-12-8-15(6-7-16(12)25-11-22-23-24-25)20-10-18-21-9-17(26-18)13-2-4-14(19)5-3-13/h2-9,11,20H,10H2,1H3. The van der Waals surface area contributed by atoms with Crippen LogP contribution in [-0.4, -0.2) is 25.2 Å². The lowest BCUT2D eigenvalue weighted by Crippen LogP contribution is -2.02. The lowest BCUT2D eigenvalue weighted by atomic mass is 10.2. The predicted molar refractivity (Wildman–Crippen MR) is 98.2 cm³/mol. The van der Waals surface area contributed by atoms with Gasteiger partial charge in [-0.25, -0.2) is 9.67 Å². The molecule has 130 valence electrons. The van der Waals surface area contributed by atoms with E-state index in [4.69, 9.17) is 16.0 Å². The summed E-state index contributed by atoms with van der Waals surface area (Å²) in [6.45, 7) is 2.49. The van der Waals surface area contributed by atoms with Crippen LogP contribution >= 0.6 is 11.6 Å². The third kappa shape index (κ3) is 3.43. The molecule has 0 atom stereocenters. The second kappa shape index (κ2) is 6.97. The summed E-state index contributed by atoms with van der Waals surface area (Å²) in [6.07, 6.45) is 3.28. The van der Waals surface area contributed by atoms with Crippen molar-refractivity contribution in [3.8, 4) is 17.0 Å². The molecule has 2 aromatic carbocycles. The van der Waals surface area contributed by atoms with Gasteiger partial charge in [0.05, 0.1) is 18.4 Å². The normalized spacial score (nSPS) is 10.8. The summed E-state index contributed by atoms with van der Waals surface area (Å²) in [5, 5.41) is 15.2. The summed E-state index contributed by atoms with van der Waals surface area (Å²) >= 11 is 5.91. The summed E-state index contributed by atoms with van der Waals surface area (Å²) in [4.78, 5) is 4.32. The topological polar surface area (TPSA) is 81.7 Å². The molecule has 0 unspecified atom stereocenters. The summed E-state index contributed by atoms with van der Waals surface area (Å²) < 4.78 is 7.43. The van der Waals surface area contributed by atoms with Crippen LogP contribution in [0.2, 0.25) is 5.02 Å². The van der Waals surface area contributed by atoms with E-state index in [1.165, 1.54) is 0 Å². The Labute approximate surface area is 154 Å². The Morgan fingerprint density at radius 2 is 2.00 bits per heavy atom. The van der Waals surface area contributed by atoms with E-state index < -0.39 is 0 Å². The average molecular weight is 367 g/mol. The number of hydrogen-bond donors (Lipinski definition) is 1. The maximum atomic E-state index is 5.91. The van der Waals surface area contributed by atoms with Crippen LogP contribution in [-0.2, 0) is 6.54 Å². The van der Waals surface area contributed by atoms with E-state index in [1.807, 2.05) is 49.4 Å². The van der Waals surface area contributed by atoms with Gasteiger partial charge in [-0.3, -0.25) is 0 Å². The number of tetrazole rings is 1. The van der Waals surface area contributed by atoms with Gasteiger partial charge in [0.1, 0.15) is 6.33 Å². The molecule has 0 spiro atoms. The van der Waals surface area contributed by atoms with Gasteiger partial charge in [-0.15, -0.1) is 5.10 Å². The Morgan fingerprint density at radius 1 is 1.15 bits per heavy atom. The van der Waals surface area contributed by atoms with Crippen molar-refractivity contribution in [2.75, 3.05) is 5.32 Å². The number of nitrogens with zero attached hydrogens (tertiary/aromatic N) is 5. The minimum atomic E-state index is 0.483. The van der Waals surface area contributed by atoms with E-state index >= 15 is 0 Å². The molecular formula is C18H15ClN6O. The van der Waals surface area contributed by atoms with E-state index in [2.05, 4.69) is 25.8 Å². The van der Waals surface area contributed by atoms with E-state index in [-0.39, 0.29) is 0 Å². The van der Waals surface area contributed by atoms with Gasteiger partial charge in [0.2, 0.25) is 5.89 Å². The second-order valence-electron chi connectivity index (χ2n) is 5.73. The Hall–Kier alpha value is -3.19. The summed E-state index contributed by atoms with van der Waals surface area (Å²) in [7, 11) is 0. The molecule has 4 rings (SSSR count). The van der Waals surface area contributed by atoms with Gasteiger partial charge in [-0.1, -0.05) is 11.6 Å². The van der Waals surface area contributed by atoms with Crippen molar-refractivity contribution in [3.63, 3.8) is 0 Å². The van der Waals surface area contributed by atoms with Crippen molar-refractivity contribution in [1.29, 1.82) is 0 Å². The molecule has 0 aliphatic carbocycles. The van der Waals surface area contributed by atoms with Gasteiger partial charge in [-0.2, -0.15) is 0 Å². The molecule has 0 radical (unpaired) electrons. The van der Waals surface area contributed by atoms with Gasteiger partial charge in [0, 0.05) is 16.3 Å². The molecule has 2 aromatic heterocycles. The quantitative estimate of drug-likeness (QED) is 0.577. The zero-order valence-corrected chi connectivity index (χ0v) is 14.7. The highest BCUT2D eigenvalue weighted by Crippen LogP contribution is 2.23. The maximum Gasteiger partial charge on any atom is 0.214 e. The van der Waals surface area contributed by atoms with Gasteiger partial charge in [0.15, 0.2) is 5.76 Å². The molecule has 0 saturated heterocycles. The number of anilines is 1. The van der Waals surface area contributed by atoms with Gasteiger partial charge < -0.3 is 9.73 Å². The van der Waals surface area contributed by atoms with Crippen molar-refractivity contribution in [1.82, 2.24) is 25.2 Å². The summed E-state index contributed by atoms with van der Waals surface area (Å²) in [5.41, 5.74) is 3.89. The molecule has 0 fully saturated rings. The molecule has 2 heterocycles. The maximum absolute atomic E-state index is 5.91. The minimum absolute atomic E-state index is 0.483. The Bertz CT molecular complexity index is 1010. The molecule has 4 aromatic rings. The molecule has 0 amide bonds. The second-order valence-corrected chi connectivity index (χ2v) is 6.17. The molecule has 0 aliphatic heterocycles. The average Bonchev–Trinajstić information content (AvgIpc) is 3.33. The fourth-order valence-electron chi connectivity index (χ4n) is 2.61. The number of halogens is 1. The van der Waals surface area contributed by atoms with Crippen molar-refractivity contribution >= 4 is 17.3 Å². The van der Waals surface area contributed by atoms with Crippen molar-refractivity contribution in [2.45, 2.75) is 13.5 Å². The van der Waals surface area contributed by atoms with Crippen molar-refractivity contribution in [2.24, 2.45) is 0 Å². The van der Waals surface area contributed by atoms with E-state index in [0.29, 0.717) is 23.2 Å². The van der Waals surface area contributed by atoms with Crippen LogP contribution < -0.4 is 5.32 Å². The lowest BCUT2D eigenvalue weighted by molar-refractivity contribution is 0.516. The molecule has 0 bridgehead atoms. The van der Waals surface area contributed by atoms with Crippen LogP contribution in [0.15, 0.2) is 59.4 Å². The third-order valence-electron chi connectivity index (χ3n) is 3.92. The molecule has 8 heteroatoms. The molecule has 1 N–H and O–H groups in total. The summed E-state index contributed by atoms with van der Waals surface area (Å²) in [6, 6.07) is 13.4. The minimum Gasteiger partial charge on any atom is -0.439 e. The Morgan fingerprint density at radius 3 is 2.73 bits per heavy atom.